The second-order valence-electron chi connectivity index (χ2n) is 7.31. The lowest BCUT2D eigenvalue weighted by Gasteiger charge is -2.11. The zero-order chi connectivity index (χ0) is 24.2. The minimum absolute atomic E-state index is 0.0771. The van der Waals surface area contributed by atoms with Crippen molar-refractivity contribution in [2.75, 3.05) is 11.9 Å². The SMILES string of the molecule is O=c1[nH]cc(O)n1CCOc1n[nH]c2ncnc(Nc3ccc(OCc4ccccn4)c(Cl)c3)c12. The van der Waals surface area contributed by atoms with Gasteiger partial charge in [0.2, 0.25) is 11.8 Å². The van der Waals surface area contributed by atoms with Crippen LogP contribution in [0, 0.1) is 0 Å². The molecule has 13 heteroatoms. The minimum Gasteiger partial charge on any atom is -0.493 e. The molecule has 0 unspecified atom stereocenters. The van der Waals surface area contributed by atoms with Crippen LogP contribution in [0.15, 0.2) is 59.9 Å². The molecule has 0 spiro atoms. The lowest BCUT2D eigenvalue weighted by atomic mass is 10.3. The summed E-state index contributed by atoms with van der Waals surface area (Å²) in [7, 11) is 0. The summed E-state index contributed by atoms with van der Waals surface area (Å²) in [6, 6.07) is 10.9. The number of H-pyrrole nitrogens is 2. The first kappa shape index (κ1) is 22.2. The molecular weight excluding hydrogens is 476 g/mol. The first-order valence-corrected chi connectivity index (χ1v) is 10.8. The first-order chi connectivity index (χ1) is 17.1. The van der Waals surface area contributed by atoms with Crippen molar-refractivity contribution >= 4 is 34.1 Å². The molecule has 0 bridgehead atoms. The van der Waals surface area contributed by atoms with E-state index in [0.717, 1.165) is 10.3 Å². The summed E-state index contributed by atoms with van der Waals surface area (Å²) < 4.78 is 12.7. The van der Waals surface area contributed by atoms with Crippen LogP contribution < -0.4 is 20.5 Å². The monoisotopic (exact) mass is 494 g/mol. The summed E-state index contributed by atoms with van der Waals surface area (Å²) in [5.74, 6) is 1.03. The van der Waals surface area contributed by atoms with E-state index in [1.807, 2.05) is 18.2 Å². The average molecular weight is 495 g/mol. The van der Waals surface area contributed by atoms with Crippen molar-refractivity contribution in [3.63, 3.8) is 0 Å². The molecule has 0 fully saturated rings. The predicted molar refractivity (Wildman–Crippen MR) is 127 cm³/mol. The number of hydrogen-bond donors (Lipinski definition) is 4. The lowest BCUT2D eigenvalue weighted by Crippen LogP contribution is -2.20. The maximum absolute atomic E-state index is 11.7. The minimum atomic E-state index is -0.437. The van der Waals surface area contributed by atoms with Crippen molar-refractivity contribution in [1.82, 2.24) is 34.7 Å². The molecule has 178 valence electrons. The Balaban J connectivity index is 1.30. The number of halogens is 1. The third-order valence-corrected chi connectivity index (χ3v) is 5.32. The van der Waals surface area contributed by atoms with Crippen molar-refractivity contribution in [3.8, 4) is 17.5 Å². The van der Waals surface area contributed by atoms with Gasteiger partial charge in [0.25, 0.3) is 0 Å². The van der Waals surface area contributed by atoms with Gasteiger partial charge in [0.1, 0.15) is 36.5 Å². The van der Waals surface area contributed by atoms with Crippen molar-refractivity contribution in [1.29, 1.82) is 0 Å². The third-order valence-electron chi connectivity index (χ3n) is 5.02. The number of aromatic nitrogens is 7. The molecule has 0 atom stereocenters. The number of rotatable bonds is 9. The molecule has 35 heavy (non-hydrogen) atoms. The van der Waals surface area contributed by atoms with Crippen LogP contribution in [0.1, 0.15) is 5.69 Å². The number of anilines is 2. The van der Waals surface area contributed by atoms with Gasteiger partial charge in [-0.2, -0.15) is 0 Å². The first-order valence-electron chi connectivity index (χ1n) is 10.5. The number of hydrogen-bond acceptors (Lipinski definition) is 9. The van der Waals surface area contributed by atoms with Crippen LogP contribution in [0.5, 0.6) is 17.5 Å². The van der Waals surface area contributed by atoms with Gasteiger partial charge in [-0.15, -0.1) is 5.10 Å². The smallest absolute Gasteiger partial charge is 0.328 e. The van der Waals surface area contributed by atoms with Crippen LogP contribution in [-0.4, -0.2) is 46.4 Å². The summed E-state index contributed by atoms with van der Waals surface area (Å²) in [5, 5.41) is 20.8. The Hall–Kier alpha value is -4.58. The molecule has 5 aromatic rings. The van der Waals surface area contributed by atoms with Crippen LogP contribution in [0.4, 0.5) is 11.5 Å². The molecule has 1 aromatic carbocycles. The maximum Gasteiger partial charge on any atom is 0.328 e. The van der Waals surface area contributed by atoms with Gasteiger partial charge < -0.3 is 24.9 Å². The number of benzene rings is 1. The van der Waals surface area contributed by atoms with E-state index in [0.29, 0.717) is 39.9 Å². The van der Waals surface area contributed by atoms with E-state index in [2.05, 4.69) is 35.5 Å². The van der Waals surface area contributed by atoms with E-state index in [1.54, 1.807) is 24.4 Å². The molecule has 4 N–H and O–H groups in total. The van der Waals surface area contributed by atoms with Gasteiger partial charge in [0, 0.05) is 11.9 Å². The molecular formula is C22H19ClN8O4. The summed E-state index contributed by atoms with van der Waals surface area (Å²) in [5.41, 5.74) is 1.47. The Morgan fingerprint density at radius 2 is 2.06 bits per heavy atom. The van der Waals surface area contributed by atoms with Gasteiger partial charge in [-0.25, -0.2) is 14.8 Å². The molecule has 0 saturated carbocycles. The number of ether oxygens (including phenoxy) is 2. The second-order valence-corrected chi connectivity index (χ2v) is 7.71. The van der Waals surface area contributed by atoms with Gasteiger partial charge in [0.15, 0.2) is 5.65 Å². The quantitative estimate of drug-likeness (QED) is 0.242. The van der Waals surface area contributed by atoms with Gasteiger partial charge in [-0.3, -0.25) is 14.6 Å². The fourth-order valence-electron chi connectivity index (χ4n) is 3.34. The van der Waals surface area contributed by atoms with Crippen LogP contribution in [0.3, 0.4) is 0 Å². The van der Waals surface area contributed by atoms with E-state index in [9.17, 15) is 9.90 Å². The van der Waals surface area contributed by atoms with Crippen LogP contribution in [-0.2, 0) is 13.2 Å². The Morgan fingerprint density at radius 1 is 1.14 bits per heavy atom. The fraction of sp³-hybridized carbons (Fsp3) is 0.136. The number of aromatic amines is 2. The van der Waals surface area contributed by atoms with Crippen molar-refractivity contribution in [2.24, 2.45) is 0 Å². The van der Waals surface area contributed by atoms with Crippen molar-refractivity contribution in [2.45, 2.75) is 13.2 Å². The van der Waals surface area contributed by atoms with Gasteiger partial charge in [-0.05, 0) is 30.3 Å². The van der Waals surface area contributed by atoms with Crippen molar-refractivity contribution < 1.29 is 14.6 Å². The van der Waals surface area contributed by atoms with Gasteiger partial charge in [-0.1, -0.05) is 17.7 Å². The highest BCUT2D eigenvalue weighted by atomic mass is 35.5. The molecule has 12 nitrogen and oxygen atoms in total. The van der Waals surface area contributed by atoms with E-state index >= 15 is 0 Å². The molecule has 0 amide bonds. The molecule has 0 aliphatic carbocycles. The van der Waals surface area contributed by atoms with E-state index in [1.165, 1.54) is 12.5 Å². The van der Waals surface area contributed by atoms with Crippen LogP contribution in [0.25, 0.3) is 11.0 Å². The summed E-state index contributed by atoms with van der Waals surface area (Å²) in [4.78, 5) is 26.8. The topological polar surface area (TPSA) is 156 Å². The maximum atomic E-state index is 11.7. The second kappa shape index (κ2) is 9.73. The fourth-order valence-corrected chi connectivity index (χ4v) is 3.57. The third kappa shape index (κ3) is 4.87. The highest BCUT2D eigenvalue weighted by Gasteiger charge is 2.16. The zero-order valence-electron chi connectivity index (χ0n) is 18.1. The Morgan fingerprint density at radius 3 is 2.83 bits per heavy atom. The largest absolute Gasteiger partial charge is 0.493 e. The summed E-state index contributed by atoms with van der Waals surface area (Å²) >= 11 is 6.42. The van der Waals surface area contributed by atoms with Crippen LogP contribution in [0.2, 0.25) is 5.02 Å². The number of imidazole rings is 1. The highest BCUT2D eigenvalue weighted by Crippen LogP contribution is 2.33. The number of fused-ring (bicyclic) bond motifs is 1. The molecule has 0 saturated heterocycles. The Labute approximate surface area is 202 Å². The number of pyridine rings is 1. The zero-order valence-corrected chi connectivity index (χ0v) is 18.9. The van der Waals surface area contributed by atoms with Gasteiger partial charge >= 0.3 is 5.69 Å². The number of nitrogens with zero attached hydrogens (tertiary/aromatic N) is 5. The molecule has 0 aliphatic rings. The molecule has 0 aliphatic heterocycles. The van der Waals surface area contributed by atoms with E-state index in [4.69, 9.17) is 21.1 Å². The molecule has 4 aromatic heterocycles. The summed E-state index contributed by atoms with van der Waals surface area (Å²) in [6.07, 6.45) is 4.30. The Bertz CT molecular complexity index is 1520. The average Bonchev–Trinajstić information content (AvgIpc) is 3.43. The predicted octanol–water partition coefficient (Wildman–Crippen LogP) is 3.00. The van der Waals surface area contributed by atoms with Crippen molar-refractivity contribution in [3.05, 3.63) is 76.3 Å². The van der Waals surface area contributed by atoms with Gasteiger partial charge in [0.05, 0.1) is 23.5 Å². The summed E-state index contributed by atoms with van der Waals surface area (Å²) in [6.45, 7) is 0.491. The van der Waals surface area contributed by atoms with E-state index < -0.39 is 5.69 Å². The van der Waals surface area contributed by atoms with E-state index in [-0.39, 0.29) is 24.9 Å². The highest BCUT2D eigenvalue weighted by molar-refractivity contribution is 6.32. The Kier molecular flexibility index (Phi) is 6.18. The lowest BCUT2D eigenvalue weighted by molar-refractivity contribution is 0.278. The molecule has 0 radical (unpaired) electrons. The molecule has 4 heterocycles. The molecule has 5 rings (SSSR count). The number of nitrogens with one attached hydrogen (secondary N) is 3. The normalized spacial score (nSPS) is 11.0. The number of aromatic hydroxyl groups is 1. The standard InChI is InChI=1S/C22H19ClN8O4/c23-15-9-13(4-5-16(15)35-11-14-3-1-2-6-24-14)28-19-18-20(27-12-26-19)29-30-21(18)34-8-7-31-17(32)10-25-22(31)33/h1-6,9-10,12,32H,7-8,11H2,(H,25,33)(H2,26,27,28,29,30). The van der Waals surface area contributed by atoms with Crippen LogP contribution >= 0.6 is 11.6 Å².